The standard InChI is InChI=1S/C18H13BrN2O5S/c19-11-1-6-14(23)10(7-11)8-15-17(25)21(18(26)27-15)9-16(24)20-12-2-4-13(22)5-3-12/h1-8,22-23H,9H2,(H,20,24)/b15-8-. The summed E-state index contributed by atoms with van der Waals surface area (Å²) in [7, 11) is 0. The molecule has 138 valence electrons. The maximum absolute atomic E-state index is 12.5. The third kappa shape index (κ3) is 4.50. The van der Waals surface area contributed by atoms with Crippen molar-refractivity contribution in [2.45, 2.75) is 0 Å². The van der Waals surface area contributed by atoms with Crippen LogP contribution in [0.2, 0.25) is 0 Å². The zero-order valence-corrected chi connectivity index (χ0v) is 16.1. The van der Waals surface area contributed by atoms with Crippen molar-refractivity contribution in [2.75, 3.05) is 11.9 Å². The first-order chi connectivity index (χ1) is 12.8. The lowest BCUT2D eigenvalue weighted by atomic mass is 10.2. The van der Waals surface area contributed by atoms with Crippen LogP contribution in [0.15, 0.2) is 51.8 Å². The van der Waals surface area contributed by atoms with Gasteiger partial charge in [-0.2, -0.15) is 0 Å². The van der Waals surface area contributed by atoms with Crippen LogP contribution < -0.4 is 5.32 Å². The number of phenols is 2. The molecule has 9 heteroatoms. The Morgan fingerprint density at radius 2 is 1.85 bits per heavy atom. The summed E-state index contributed by atoms with van der Waals surface area (Å²) in [5, 5.41) is 21.1. The Balaban J connectivity index is 1.72. The van der Waals surface area contributed by atoms with E-state index in [2.05, 4.69) is 21.2 Å². The zero-order chi connectivity index (χ0) is 19.6. The topological polar surface area (TPSA) is 107 Å². The summed E-state index contributed by atoms with van der Waals surface area (Å²) in [6.07, 6.45) is 1.41. The van der Waals surface area contributed by atoms with Crippen molar-refractivity contribution in [3.63, 3.8) is 0 Å². The predicted molar refractivity (Wildman–Crippen MR) is 105 cm³/mol. The highest BCUT2D eigenvalue weighted by molar-refractivity contribution is 9.10. The van der Waals surface area contributed by atoms with E-state index in [-0.39, 0.29) is 16.4 Å². The number of hydrogen-bond donors (Lipinski definition) is 3. The molecule has 0 aliphatic carbocycles. The summed E-state index contributed by atoms with van der Waals surface area (Å²) in [6.45, 7) is -0.437. The van der Waals surface area contributed by atoms with Crippen molar-refractivity contribution in [2.24, 2.45) is 0 Å². The van der Waals surface area contributed by atoms with Crippen LogP contribution in [0.25, 0.3) is 6.08 Å². The number of amides is 3. The average Bonchev–Trinajstić information content (AvgIpc) is 2.87. The fourth-order valence-corrected chi connectivity index (χ4v) is 3.52. The fourth-order valence-electron chi connectivity index (χ4n) is 2.31. The molecule has 3 rings (SSSR count). The molecule has 1 heterocycles. The third-order valence-corrected chi connectivity index (χ3v) is 5.00. The van der Waals surface area contributed by atoms with Gasteiger partial charge < -0.3 is 15.5 Å². The largest absolute Gasteiger partial charge is 0.508 e. The summed E-state index contributed by atoms with van der Waals surface area (Å²) in [5.41, 5.74) is 0.808. The normalized spacial score (nSPS) is 15.4. The summed E-state index contributed by atoms with van der Waals surface area (Å²) in [6, 6.07) is 10.5. The van der Waals surface area contributed by atoms with Gasteiger partial charge in [0.2, 0.25) is 5.91 Å². The average molecular weight is 449 g/mol. The van der Waals surface area contributed by atoms with Gasteiger partial charge in [0.25, 0.3) is 11.1 Å². The SMILES string of the molecule is O=C(CN1C(=O)S/C(=C\c2cc(Br)ccc2O)C1=O)Nc1ccc(O)cc1. The van der Waals surface area contributed by atoms with E-state index in [9.17, 15) is 24.6 Å². The number of imide groups is 1. The van der Waals surface area contributed by atoms with Crippen LogP contribution in [0.4, 0.5) is 10.5 Å². The number of phenolic OH excluding ortho intramolecular Hbond substituents is 2. The number of carbonyl (C=O) groups is 3. The van der Waals surface area contributed by atoms with E-state index in [1.54, 1.807) is 12.1 Å². The number of halogens is 1. The van der Waals surface area contributed by atoms with Crippen molar-refractivity contribution in [1.29, 1.82) is 0 Å². The van der Waals surface area contributed by atoms with Crippen LogP contribution in [0.5, 0.6) is 11.5 Å². The predicted octanol–water partition coefficient (Wildman–Crippen LogP) is 3.54. The molecule has 3 amide bonds. The van der Waals surface area contributed by atoms with Crippen molar-refractivity contribution in [3.8, 4) is 11.5 Å². The van der Waals surface area contributed by atoms with Gasteiger partial charge in [0, 0.05) is 15.7 Å². The first-order valence-corrected chi connectivity index (χ1v) is 9.27. The highest BCUT2D eigenvalue weighted by Crippen LogP contribution is 2.34. The Kier molecular flexibility index (Phi) is 5.52. The first-order valence-electron chi connectivity index (χ1n) is 7.66. The van der Waals surface area contributed by atoms with Gasteiger partial charge in [-0.15, -0.1) is 0 Å². The molecule has 0 unspecified atom stereocenters. The zero-order valence-electron chi connectivity index (χ0n) is 13.7. The molecule has 0 aromatic heterocycles. The minimum Gasteiger partial charge on any atom is -0.508 e. The molecule has 2 aromatic carbocycles. The number of hydrogen-bond acceptors (Lipinski definition) is 6. The quantitative estimate of drug-likeness (QED) is 0.487. The van der Waals surface area contributed by atoms with Gasteiger partial charge in [-0.3, -0.25) is 19.3 Å². The maximum Gasteiger partial charge on any atom is 0.294 e. The van der Waals surface area contributed by atoms with Crippen molar-refractivity contribution in [3.05, 3.63) is 57.4 Å². The van der Waals surface area contributed by atoms with Gasteiger partial charge in [-0.25, -0.2) is 0 Å². The molecule has 0 saturated carbocycles. The first kappa shape index (κ1) is 19.0. The molecule has 0 atom stereocenters. The van der Waals surface area contributed by atoms with Gasteiger partial charge in [-0.05, 0) is 60.3 Å². The van der Waals surface area contributed by atoms with Crippen LogP contribution in [0, 0.1) is 0 Å². The van der Waals surface area contributed by atoms with Crippen LogP contribution in [-0.2, 0) is 9.59 Å². The molecule has 1 fully saturated rings. The maximum atomic E-state index is 12.5. The molecule has 1 aliphatic rings. The lowest BCUT2D eigenvalue weighted by Gasteiger charge is -2.12. The fraction of sp³-hybridized carbons (Fsp3) is 0.0556. The lowest BCUT2D eigenvalue weighted by molar-refractivity contribution is -0.127. The van der Waals surface area contributed by atoms with Crippen LogP contribution >= 0.6 is 27.7 Å². The van der Waals surface area contributed by atoms with Crippen LogP contribution in [-0.4, -0.2) is 38.7 Å². The molecule has 0 spiro atoms. The van der Waals surface area contributed by atoms with Crippen molar-refractivity contribution in [1.82, 2.24) is 4.90 Å². The minimum absolute atomic E-state index is 0.0323. The smallest absolute Gasteiger partial charge is 0.294 e. The second-order valence-electron chi connectivity index (χ2n) is 5.57. The third-order valence-electron chi connectivity index (χ3n) is 3.60. The molecule has 2 aromatic rings. The highest BCUT2D eigenvalue weighted by Gasteiger charge is 2.36. The Bertz CT molecular complexity index is 959. The van der Waals surface area contributed by atoms with Gasteiger partial charge in [0.1, 0.15) is 18.0 Å². The van der Waals surface area contributed by atoms with Crippen molar-refractivity contribution < 1.29 is 24.6 Å². The highest BCUT2D eigenvalue weighted by atomic mass is 79.9. The number of carbonyl (C=O) groups excluding carboxylic acids is 3. The summed E-state index contributed by atoms with van der Waals surface area (Å²) in [4.78, 5) is 37.6. The van der Waals surface area contributed by atoms with Crippen LogP contribution in [0.3, 0.4) is 0 Å². The number of thioether (sulfide) groups is 1. The number of nitrogens with one attached hydrogen (secondary N) is 1. The van der Waals surface area contributed by atoms with E-state index in [4.69, 9.17) is 0 Å². The molecule has 0 radical (unpaired) electrons. The Hall–Kier alpha value is -2.78. The van der Waals surface area contributed by atoms with E-state index >= 15 is 0 Å². The number of anilines is 1. The van der Waals surface area contributed by atoms with E-state index in [0.717, 1.165) is 4.90 Å². The second-order valence-corrected chi connectivity index (χ2v) is 7.47. The molecular formula is C18H13BrN2O5S. The van der Waals surface area contributed by atoms with Gasteiger partial charge in [0.05, 0.1) is 4.91 Å². The van der Waals surface area contributed by atoms with E-state index in [0.29, 0.717) is 27.5 Å². The molecule has 27 heavy (non-hydrogen) atoms. The Morgan fingerprint density at radius 1 is 1.15 bits per heavy atom. The van der Waals surface area contributed by atoms with Crippen LogP contribution in [0.1, 0.15) is 5.56 Å². The summed E-state index contributed by atoms with van der Waals surface area (Å²) in [5.74, 6) is -1.13. The van der Waals surface area contributed by atoms with Gasteiger partial charge >= 0.3 is 0 Å². The Labute approximate surface area is 166 Å². The summed E-state index contributed by atoms with van der Waals surface area (Å²) < 4.78 is 0.707. The lowest BCUT2D eigenvalue weighted by Crippen LogP contribution is -2.36. The van der Waals surface area contributed by atoms with E-state index < -0.39 is 23.6 Å². The molecule has 3 N–H and O–H groups in total. The number of aromatic hydroxyl groups is 2. The van der Waals surface area contributed by atoms with Gasteiger partial charge in [0.15, 0.2) is 0 Å². The van der Waals surface area contributed by atoms with E-state index in [1.165, 1.54) is 36.4 Å². The molecule has 0 bridgehead atoms. The van der Waals surface area contributed by atoms with E-state index in [1.807, 2.05) is 0 Å². The number of rotatable bonds is 4. The van der Waals surface area contributed by atoms with Crippen molar-refractivity contribution >= 4 is 56.5 Å². The second kappa shape index (κ2) is 7.85. The molecule has 1 aliphatic heterocycles. The number of nitrogens with zero attached hydrogens (tertiary/aromatic N) is 1. The monoisotopic (exact) mass is 448 g/mol. The molecule has 1 saturated heterocycles. The minimum atomic E-state index is -0.606. The molecule has 7 nitrogen and oxygen atoms in total. The Morgan fingerprint density at radius 3 is 2.56 bits per heavy atom. The molecular weight excluding hydrogens is 436 g/mol. The summed E-state index contributed by atoms with van der Waals surface area (Å²) >= 11 is 3.98. The number of benzene rings is 2. The van der Waals surface area contributed by atoms with Gasteiger partial charge in [-0.1, -0.05) is 15.9 Å².